The van der Waals surface area contributed by atoms with Crippen molar-refractivity contribution >= 4 is 5.91 Å². The van der Waals surface area contributed by atoms with Crippen molar-refractivity contribution < 1.29 is 4.79 Å². The summed E-state index contributed by atoms with van der Waals surface area (Å²) in [5.74, 6) is -0.0676. The Morgan fingerprint density at radius 1 is 1.16 bits per heavy atom. The van der Waals surface area contributed by atoms with E-state index in [4.69, 9.17) is 5.73 Å². The van der Waals surface area contributed by atoms with Gasteiger partial charge in [0, 0.05) is 18.7 Å². The summed E-state index contributed by atoms with van der Waals surface area (Å²) in [4.78, 5) is 15.9. The van der Waals surface area contributed by atoms with Crippen LogP contribution in [0.15, 0.2) is 54.7 Å². The van der Waals surface area contributed by atoms with Gasteiger partial charge in [-0.15, -0.1) is 0 Å². The van der Waals surface area contributed by atoms with Gasteiger partial charge in [-0.2, -0.15) is 0 Å². The first-order valence-electron chi connectivity index (χ1n) is 6.23. The maximum Gasteiger partial charge on any atom is 0.222 e. The molecule has 3 N–H and O–H groups in total. The van der Waals surface area contributed by atoms with Gasteiger partial charge in [0.25, 0.3) is 0 Å². The summed E-state index contributed by atoms with van der Waals surface area (Å²) in [6.45, 7) is 0.432. The van der Waals surface area contributed by atoms with Crippen LogP contribution in [0, 0.1) is 0 Å². The van der Waals surface area contributed by atoms with E-state index in [1.54, 1.807) is 6.20 Å². The first-order valence-corrected chi connectivity index (χ1v) is 6.23. The van der Waals surface area contributed by atoms with Gasteiger partial charge in [-0.3, -0.25) is 9.78 Å². The number of pyridine rings is 1. The van der Waals surface area contributed by atoms with Crippen LogP contribution in [0.1, 0.15) is 23.7 Å². The van der Waals surface area contributed by atoms with E-state index in [0.717, 1.165) is 11.3 Å². The molecular formula is C15H17N3O. The smallest absolute Gasteiger partial charge is 0.222 e. The quantitative estimate of drug-likeness (QED) is 0.855. The molecule has 1 heterocycles. The van der Waals surface area contributed by atoms with Crippen molar-refractivity contribution in [3.05, 3.63) is 66.0 Å². The van der Waals surface area contributed by atoms with E-state index in [9.17, 15) is 4.79 Å². The van der Waals surface area contributed by atoms with Gasteiger partial charge in [0.15, 0.2) is 0 Å². The summed E-state index contributed by atoms with van der Waals surface area (Å²) < 4.78 is 0. The summed E-state index contributed by atoms with van der Waals surface area (Å²) in [7, 11) is 0. The van der Waals surface area contributed by atoms with Crippen molar-refractivity contribution in [1.82, 2.24) is 10.3 Å². The normalized spacial score (nSPS) is 11.8. The molecule has 0 fully saturated rings. The van der Waals surface area contributed by atoms with E-state index in [1.165, 1.54) is 0 Å². The lowest BCUT2D eigenvalue weighted by Crippen LogP contribution is -2.27. The lowest BCUT2D eigenvalue weighted by atomic mass is 10.0. The maximum atomic E-state index is 11.8. The molecule has 0 radical (unpaired) electrons. The first-order chi connectivity index (χ1) is 9.25. The van der Waals surface area contributed by atoms with Crippen molar-refractivity contribution in [2.45, 2.75) is 19.0 Å². The second-order valence-electron chi connectivity index (χ2n) is 4.32. The van der Waals surface area contributed by atoms with Crippen LogP contribution in [-0.4, -0.2) is 10.9 Å². The molecule has 2 aromatic rings. The Kier molecular flexibility index (Phi) is 4.64. The minimum atomic E-state index is -0.273. The molecule has 4 nitrogen and oxygen atoms in total. The van der Waals surface area contributed by atoms with Gasteiger partial charge in [0.2, 0.25) is 5.91 Å². The van der Waals surface area contributed by atoms with E-state index < -0.39 is 0 Å². The van der Waals surface area contributed by atoms with Crippen molar-refractivity contribution in [3.8, 4) is 0 Å². The maximum absolute atomic E-state index is 11.8. The zero-order chi connectivity index (χ0) is 13.5. The van der Waals surface area contributed by atoms with Crippen LogP contribution in [0.25, 0.3) is 0 Å². The van der Waals surface area contributed by atoms with E-state index in [-0.39, 0.29) is 18.4 Å². The van der Waals surface area contributed by atoms with E-state index in [2.05, 4.69) is 10.3 Å². The van der Waals surface area contributed by atoms with Crippen LogP contribution in [-0.2, 0) is 11.3 Å². The van der Waals surface area contributed by atoms with Crippen LogP contribution in [0.4, 0.5) is 0 Å². The fourth-order valence-electron chi connectivity index (χ4n) is 1.78. The van der Waals surface area contributed by atoms with Crippen LogP contribution in [0.2, 0.25) is 0 Å². The number of amides is 1. The van der Waals surface area contributed by atoms with Crippen molar-refractivity contribution in [1.29, 1.82) is 0 Å². The average molecular weight is 255 g/mol. The Labute approximate surface area is 112 Å². The van der Waals surface area contributed by atoms with E-state index >= 15 is 0 Å². The second kappa shape index (κ2) is 6.66. The largest absolute Gasteiger partial charge is 0.350 e. The Morgan fingerprint density at radius 3 is 2.58 bits per heavy atom. The molecule has 1 aromatic heterocycles. The summed E-state index contributed by atoms with van der Waals surface area (Å²) in [6.07, 6.45) is 1.98. The number of rotatable bonds is 5. The Hall–Kier alpha value is -2.20. The highest BCUT2D eigenvalue weighted by Crippen LogP contribution is 2.12. The molecule has 19 heavy (non-hydrogen) atoms. The van der Waals surface area contributed by atoms with Gasteiger partial charge in [0.05, 0.1) is 12.2 Å². The molecule has 4 heteroatoms. The number of nitrogens with zero attached hydrogens (tertiary/aromatic N) is 1. The second-order valence-corrected chi connectivity index (χ2v) is 4.32. The molecule has 0 bridgehead atoms. The summed E-state index contributed by atoms with van der Waals surface area (Å²) in [6, 6.07) is 15.0. The lowest BCUT2D eigenvalue weighted by Gasteiger charge is -2.11. The molecule has 1 amide bonds. The van der Waals surface area contributed by atoms with Gasteiger partial charge in [-0.05, 0) is 17.7 Å². The summed E-state index contributed by atoms with van der Waals surface area (Å²) in [5.41, 5.74) is 7.79. The van der Waals surface area contributed by atoms with Gasteiger partial charge in [-0.25, -0.2) is 0 Å². The van der Waals surface area contributed by atoms with E-state index in [1.807, 2.05) is 48.5 Å². The zero-order valence-corrected chi connectivity index (χ0v) is 10.6. The summed E-state index contributed by atoms with van der Waals surface area (Å²) >= 11 is 0. The molecule has 98 valence electrons. The number of carbonyl (C=O) groups excluding carboxylic acids is 1. The molecule has 0 saturated carbocycles. The number of carbonyl (C=O) groups is 1. The van der Waals surface area contributed by atoms with Crippen LogP contribution in [0.3, 0.4) is 0 Å². The molecule has 0 aliphatic carbocycles. The van der Waals surface area contributed by atoms with Gasteiger partial charge in [-0.1, -0.05) is 36.4 Å². The van der Waals surface area contributed by atoms with Crippen molar-refractivity contribution in [3.63, 3.8) is 0 Å². The molecule has 0 saturated heterocycles. The van der Waals surface area contributed by atoms with Gasteiger partial charge >= 0.3 is 0 Å². The van der Waals surface area contributed by atoms with Gasteiger partial charge < -0.3 is 11.1 Å². The van der Waals surface area contributed by atoms with Crippen molar-refractivity contribution in [2.24, 2.45) is 5.73 Å². The van der Waals surface area contributed by atoms with Crippen LogP contribution in [0.5, 0.6) is 0 Å². The number of nitrogens with two attached hydrogens (primary N) is 1. The molecule has 0 aliphatic rings. The number of benzene rings is 1. The highest BCUT2D eigenvalue weighted by molar-refractivity contribution is 5.76. The third kappa shape index (κ3) is 4.19. The highest BCUT2D eigenvalue weighted by atomic mass is 16.1. The molecule has 1 aromatic carbocycles. The Balaban J connectivity index is 1.82. The van der Waals surface area contributed by atoms with Gasteiger partial charge in [0.1, 0.15) is 0 Å². The Bertz CT molecular complexity index is 513. The third-order valence-electron chi connectivity index (χ3n) is 2.83. The molecular weight excluding hydrogens is 238 g/mol. The summed E-state index contributed by atoms with van der Waals surface area (Å²) in [5, 5.41) is 2.82. The first kappa shape index (κ1) is 13.2. The number of aromatic nitrogens is 1. The fraction of sp³-hybridized carbons (Fsp3) is 0.200. The monoisotopic (exact) mass is 255 g/mol. The minimum Gasteiger partial charge on any atom is -0.350 e. The Morgan fingerprint density at radius 2 is 1.89 bits per heavy atom. The number of nitrogens with one attached hydrogen (secondary N) is 1. The number of hydrogen-bond donors (Lipinski definition) is 2. The number of hydrogen-bond acceptors (Lipinski definition) is 3. The molecule has 1 atom stereocenters. The predicted octanol–water partition coefficient (Wildman–Crippen LogP) is 1.79. The molecule has 1 unspecified atom stereocenters. The standard InChI is InChI=1S/C15H17N3O/c16-14(12-6-2-1-3-7-12)10-15(19)18-11-13-8-4-5-9-17-13/h1-9,14H,10-11,16H2,(H,18,19). The predicted molar refractivity (Wildman–Crippen MR) is 74.1 cm³/mol. The fourth-order valence-corrected chi connectivity index (χ4v) is 1.78. The highest BCUT2D eigenvalue weighted by Gasteiger charge is 2.10. The molecule has 2 rings (SSSR count). The average Bonchev–Trinajstić information content (AvgIpc) is 2.47. The topological polar surface area (TPSA) is 68.0 Å². The third-order valence-corrected chi connectivity index (χ3v) is 2.83. The van der Waals surface area contributed by atoms with Crippen LogP contribution >= 0.6 is 0 Å². The molecule has 0 spiro atoms. The SMILES string of the molecule is NC(CC(=O)NCc1ccccn1)c1ccccc1. The van der Waals surface area contributed by atoms with Crippen LogP contribution < -0.4 is 11.1 Å². The van der Waals surface area contributed by atoms with Crippen molar-refractivity contribution in [2.75, 3.05) is 0 Å². The zero-order valence-electron chi connectivity index (χ0n) is 10.6. The molecule has 0 aliphatic heterocycles. The van der Waals surface area contributed by atoms with E-state index in [0.29, 0.717) is 6.54 Å². The lowest BCUT2D eigenvalue weighted by molar-refractivity contribution is -0.121. The minimum absolute atomic E-state index is 0.0676.